The van der Waals surface area contributed by atoms with Crippen molar-refractivity contribution in [1.29, 1.82) is 0 Å². The van der Waals surface area contributed by atoms with Gasteiger partial charge >= 0.3 is 0 Å². The van der Waals surface area contributed by atoms with E-state index in [0.717, 1.165) is 24.3 Å². The topological polar surface area (TPSA) is 71.3 Å². The molecule has 1 saturated heterocycles. The van der Waals surface area contributed by atoms with E-state index < -0.39 is 10.0 Å². The SMILES string of the molecule is CCNCc1c(C)oc(C)c1S(=O)(=O)NCC1CCCS1. The van der Waals surface area contributed by atoms with Crippen LogP contribution >= 0.6 is 11.8 Å². The van der Waals surface area contributed by atoms with E-state index >= 15 is 0 Å². The maximum Gasteiger partial charge on any atom is 0.244 e. The number of furan rings is 1. The molecule has 2 N–H and O–H groups in total. The number of nitrogens with one attached hydrogen (secondary N) is 2. The van der Waals surface area contributed by atoms with E-state index in [1.807, 2.05) is 25.6 Å². The van der Waals surface area contributed by atoms with E-state index in [2.05, 4.69) is 10.0 Å². The monoisotopic (exact) mass is 332 g/mol. The van der Waals surface area contributed by atoms with Crippen LogP contribution in [0.4, 0.5) is 0 Å². The van der Waals surface area contributed by atoms with Crippen molar-refractivity contribution >= 4 is 21.8 Å². The van der Waals surface area contributed by atoms with Crippen molar-refractivity contribution in [2.45, 2.75) is 50.3 Å². The molecular weight excluding hydrogens is 308 g/mol. The lowest BCUT2D eigenvalue weighted by Gasteiger charge is -2.12. The van der Waals surface area contributed by atoms with Gasteiger partial charge in [0.05, 0.1) is 0 Å². The normalized spacial score (nSPS) is 19.3. The van der Waals surface area contributed by atoms with Gasteiger partial charge in [0.15, 0.2) is 0 Å². The molecule has 1 unspecified atom stereocenters. The van der Waals surface area contributed by atoms with Crippen LogP contribution in [-0.2, 0) is 16.6 Å². The number of hydrogen-bond acceptors (Lipinski definition) is 5. The predicted molar refractivity (Wildman–Crippen MR) is 86.2 cm³/mol. The molecule has 7 heteroatoms. The zero-order valence-electron chi connectivity index (χ0n) is 12.9. The van der Waals surface area contributed by atoms with Gasteiger partial charge in [0, 0.05) is 23.9 Å². The molecule has 120 valence electrons. The molecule has 21 heavy (non-hydrogen) atoms. The Bertz CT molecular complexity index is 575. The summed E-state index contributed by atoms with van der Waals surface area (Å²) in [7, 11) is -3.52. The van der Waals surface area contributed by atoms with E-state index in [0.29, 0.717) is 34.8 Å². The Morgan fingerprint density at radius 3 is 2.71 bits per heavy atom. The van der Waals surface area contributed by atoms with Crippen LogP contribution in [0.25, 0.3) is 0 Å². The fraction of sp³-hybridized carbons (Fsp3) is 0.714. The van der Waals surface area contributed by atoms with Crippen LogP contribution in [-0.4, -0.2) is 32.5 Å². The molecule has 0 spiro atoms. The largest absolute Gasteiger partial charge is 0.465 e. The molecule has 0 bridgehead atoms. The molecule has 0 saturated carbocycles. The lowest BCUT2D eigenvalue weighted by Crippen LogP contribution is -2.31. The van der Waals surface area contributed by atoms with Crippen LogP contribution in [0.3, 0.4) is 0 Å². The van der Waals surface area contributed by atoms with Crippen LogP contribution in [0.5, 0.6) is 0 Å². The highest BCUT2D eigenvalue weighted by atomic mass is 32.2. The third-order valence-corrected chi connectivity index (χ3v) is 6.69. The molecule has 1 atom stereocenters. The maximum absolute atomic E-state index is 12.6. The van der Waals surface area contributed by atoms with Gasteiger partial charge in [0.2, 0.25) is 10.0 Å². The standard InChI is InChI=1S/C14H24N2O3S2/c1-4-15-9-13-10(2)19-11(3)14(13)21(17,18)16-8-12-6-5-7-20-12/h12,15-16H,4-9H2,1-3H3. The maximum atomic E-state index is 12.6. The first-order chi connectivity index (χ1) is 9.95. The van der Waals surface area contributed by atoms with E-state index in [9.17, 15) is 8.42 Å². The second-order valence-corrected chi connectivity index (χ2v) is 8.40. The first-order valence-electron chi connectivity index (χ1n) is 7.36. The van der Waals surface area contributed by atoms with Gasteiger partial charge in [-0.15, -0.1) is 0 Å². The molecule has 1 aromatic heterocycles. The van der Waals surface area contributed by atoms with Crippen LogP contribution in [0.2, 0.25) is 0 Å². The van der Waals surface area contributed by atoms with Gasteiger partial charge in [-0.3, -0.25) is 0 Å². The average molecular weight is 332 g/mol. The molecule has 1 fully saturated rings. The molecule has 2 heterocycles. The minimum absolute atomic E-state index is 0.309. The summed E-state index contributed by atoms with van der Waals surface area (Å²) in [5.41, 5.74) is 0.737. The van der Waals surface area contributed by atoms with Gasteiger partial charge in [-0.05, 0) is 39.0 Å². The van der Waals surface area contributed by atoms with Gasteiger partial charge < -0.3 is 9.73 Å². The minimum atomic E-state index is -3.52. The van der Waals surface area contributed by atoms with Crippen molar-refractivity contribution in [3.8, 4) is 0 Å². The van der Waals surface area contributed by atoms with Crippen LogP contribution in [0, 0.1) is 13.8 Å². The fourth-order valence-corrected chi connectivity index (χ4v) is 5.43. The second kappa shape index (κ2) is 7.17. The lowest BCUT2D eigenvalue weighted by molar-refractivity contribution is 0.493. The van der Waals surface area contributed by atoms with Crippen LogP contribution in [0.15, 0.2) is 9.31 Å². The molecule has 1 aromatic rings. The van der Waals surface area contributed by atoms with E-state index in [1.165, 1.54) is 6.42 Å². The lowest BCUT2D eigenvalue weighted by atomic mass is 10.2. The van der Waals surface area contributed by atoms with Crippen molar-refractivity contribution < 1.29 is 12.8 Å². The highest BCUT2D eigenvalue weighted by molar-refractivity contribution is 8.00. The molecule has 0 aromatic carbocycles. The summed E-state index contributed by atoms with van der Waals surface area (Å²) in [5, 5.41) is 3.57. The third-order valence-electron chi connectivity index (χ3n) is 3.67. The summed E-state index contributed by atoms with van der Waals surface area (Å²) in [6.07, 6.45) is 2.26. The number of aryl methyl sites for hydroxylation is 2. The summed E-state index contributed by atoms with van der Waals surface area (Å²) in [6.45, 7) is 7.31. The molecule has 2 rings (SSSR count). The van der Waals surface area contributed by atoms with E-state index in [1.54, 1.807) is 6.92 Å². The van der Waals surface area contributed by atoms with Gasteiger partial charge in [-0.1, -0.05) is 6.92 Å². The quantitative estimate of drug-likeness (QED) is 0.801. The zero-order valence-corrected chi connectivity index (χ0v) is 14.5. The number of hydrogen-bond donors (Lipinski definition) is 2. The van der Waals surface area contributed by atoms with Gasteiger partial charge in [0.1, 0.15) is 16.4 Å². The molecule has 5 nitrogen and oxygen atoms in total. The van der Waals surface area contributed by atoms with E-state index in [-0.39, 0.29) is 0 Å². The smallest absolute Gasteiger partial charge is 0.244 e. The average Bonchev–Trinajstić information content (AvgIpc) is 3.02. The Morgan fingerprint density at radius 1 is 1.33 bits per heavy atom. The van der Waals surface area contributed by atoms with Gasteiger partial charge in [0.25, 0.3) is 0 Å². The number of sulfonamides is 1. The second-order valence-electron chi connectivity index (χ2n) is 5.29. The first kappa shape index (κ1) is 16.9. The Kier molecular flexibility index (Phi) is 5.76. The Labute approximate surface area is 131 Å². The molecule has 0 amide bonds. The first-order valence-corrected chi connectivity index (χ1v) is 9.89. The summed E-state index contributed by atoms with van der Waals surface area (Å²) >= 11 is 1.84. The predicted octanol–water partition coefficient (Wildman–Crippen LogP) is 2.18. The highest BCUT2D eigenvalue weighted by Crippen LogP contribution is 2.28. The van der Waals surface area contributed by atoms with Gasteiger partial charge in [-0.25, -0.2) is 13.1 Å². The summed E-state index contributed by atoms with van der Waals surface area (Å²) in [5.74, 6) is 2.26. The van der Waals surface area contributed by atoms with Gasteiger partial charge in [-0.2, -0.15) is 11.8 Å². The Balaban J connectivity index is 2.17. The number of rotatable bonds is 7. The summed E-state index contributed by atoms with van der Waals surface area (Å²) in [4.78, 5) is 0.309. The fourth-order valence-electron chi connectivity index (χ4n) is 2.60. The Morgan fingerprint density at radius 2 is 2.10 bits per heavy atom. The van der Waals surface area contributed by atoms with Crippen molar-refractivity contribution in [3.05, 3.63) is 17.1 Å². The molecule has 0 aliphatic carbocycles. The molecular formula is C14H24N2O3S2. The number of thioether (sulfide) groups is 1. The van der Waals surface area contributed by atoms with Crippen molar-refractivity contribution in [3.63, 3.8) is 0 Å². The zero-order chi connectivity index (χ0) is 15.5. The summed E-state index contributed by atoms with van der Waals surface area (Å²) < 4.78 is 33.5. The van der Waals surface area contributed by atoms with Crippen molar-refractivity contribution in [2.75, 3.05) is 18.8 Å². The molecule has 1 aliphatic rings. The molecule has 1 aliphatic heterocycles. The minimum Gasteiger partial charge on any atom is -0.465 e. The third kappa shape index (κ3) is 4.03. The van der Waals surface area contributed by atoms with Crippen LogP contribution in [0.1, 0.15) is 36.8 Å². The Hall–Kier alpha value is -0.500. The summed E-state index contributed by atoms with van der Waals surface area (Å²) in [6, 6.07) is 0. The molecule has 0 radical (unpaired) electrons. The van der Waals surface area contributed by atoms with E-state index in [4.69, 9.17) is 4.42 Å². The van der Waals surface area contributed by atoms with Crippen molar-refractivity contribution in [2.24, 2.45) is 0 Å². The van der Waals surface area contributed by atoms with Crippen LogP contribution < -0.4 is 10.0 Å². The highest BCUT2D eigenvalue weighted by Gasteiger charge is 2.27. The van der Waals surface area contributed by atoms with Crippen molar-refractivity contribution in [1.82, 2.24) is 10.0 Å².